The van der Waals surface area contributed by atoms with Crippen LogP contribution in [0.4, 0.5) is 0 Å². The van der Waals surface area contributed by atoms with Crippen LogP contribution in [-0.4, -0.2) is 66.9 Å². The van der Waals surface area contributed by atoms with Crippen molar-refractivity contribution in [3.8, 4) is 0 Å². The number of amides is 2. The molecule has 154 valence electrons. The van der Waals surface area contributed by atoms with Gasteiger partial charge in [0.1, 0.15) is 0 Å². The maximum Gasteiger partial charge on any atom is 0.236 e. The van der Waals surface area contributed by atoms with Crippen LogP contribution in [0.2, 0.25) is 5.02 Å². The predicted molar refractivity (Wildman–Crippen MR) is 110 cm³/mol. The molecule has 3 aliphatic heterocycles. The van der Waals surface area contributed by atoms with E-state index in [1.807, 2.05) is 34.1 Å². The Balaban J connectivity index is 0.00000225. The molecule has 0 spiro atoms. The maximum absolute atomic E-state index is 13.3. The van der Waals surface area contributed by atoms with Crippen LogP contribution in [0.1, 0.15) is 24.4 Å². The van der Waals surface area contributed by atoms with Gasteiger partial charge in [-0.3, -0.25) is 15.0 Å². The van der Waals surface area contributed by atoms with E-state index in [1.165, 1.54) is 0 Å². The number of likely N-dealkylation sites (tertiary alicyclic amines) is 1. The third kappa shape index (κ3) is 4.28. The van der Waals surface area contributed by atoms with Gasteiger partial charge in [-0.15, -0.1) is 12.4 Å². The monoisotopic (exact) mass is 427 g/mol. The van der Waals surface area contributed by atoms with Gasteiger partial charge in [0, 0.05) is 43.8 Å². The summed E-state index contributed by atoms with van der Waals surface area (Å²) in [5, 5.41) is 3.78. The smallest absolute Gasteiger partial charge is 0.236 e. The number of nitrogens with one attached hydrogen (secondary N) is 3. The molecule has 3 aliphatic rings. The first-order chi connectivity index (χ1) is 13.1. The lowest BCUT2D eigenvalue weighted by Crippen LogP contribution is -2.58. The van der Waals surface area contributed by atoms with Crippen LogP contribution in [0.5, 0.6) is 0 Å². The van der Waals surface area contributed by atoms with Crippen LogP contribution >= 0.6 is 24.0 Å². The van der Waals surface area contributed by atoms with E-state index in [9.17, 15) is 9.59 Å². The zero-order chi connectivity index (χ0) is 18.8. The fourth-order valence-electron chi connectivity index (χ4n) is 4.40. The Morgan fingerprint density at radius 3 is 2.82 bits per heavy atom. The Labute approximate surface area is 176 Å². The lowest BCUT2D eigenvalue weighted by molar-refractivity contribution is -0.142. The van der Waals surface area contributed by atoms with Gasteiger partial charge in [-0.25, -0.2) is 5.43 Å². The fourth-order valence-corrected chi connectivity index (χ4v) is 4.65. The van der Waals surface area contributed by atoms with E-state index in [-0.39, 0.29) is 42.2 Å². The summed E-state index contributed by atoms with van der Waals surface area (Å²) >= 11 is 6.36. The number of halogens is 2. The number of hydrazine groups is 1. The summed E-state index contributed by atoms with van der Waals surface area (Å²) in [6.45, 7) is 3.89. The summed E-state index contributed by atoms with van der Waals surface area (Å²) in [7, 11) is 0. The molecular formula is C19H27Cl2N5O2. The normalized spacial score (nSPS) is 28.2. The molecule has 3 heterocycles. The summed E-state index contributed by atoms with van der Waals surface area (Å²) in [5.41, 5.74) is 7.27. The number of rotatable bonds is 3. The van der Waals surface area contributed by atoms with E-state index in [4.69, 9.17) is 11.6 Å². The van der Waals surface area contributed by atoms with Crippen molar-refractivity contribution in [2.24, 2.45) is 5.92 Å². The Kier molecular flexibility index (Phi) is 7.17. The van der Waals surface area contributed by atoms with Crippen LogP contribution in [0.3, 0.4) is 0 Å². The van der Waals surface area contributed by atoms with Gasteiger partial charge in [0.05, 0.1) is 18.5 Å². The SMILES string of the molecule is Cl.O=C(C1CNNC1c1ccccc1Cl)N1CCCC(N2CCNCC2=O)C1. The molecule has 1 aromatic carbocycles. The second-order valence-electron chi connectivity index (χ2n) is 7.48. The summed E-state index contributed by atoms with van der Waals surface area (Å²) in [5.74, 6) is 0.0609. The van der Waals surface area contributed by atoms with Crippen molar-refractivity contribution in [1.82, 2.24) is 26.0 Å². The minimum absolute atomic E-state index is 0. The molecule has 0 aliphatic carbocycles. The average molecular weight is 428 g/mol. The molecule has 3 saturated heterocycles. The number of nitrogens with zero attached hydrogens (tertiary/aromatic N) is 2. The van der Waals surface area contributed by atoms with Gasteiger partial charge in [-0.05, 0) is 24.5 Å². The summed E-state index contributed by atoms with van der Waals surface area (Å²) < 4.78 is 0. The molecule has 1 aromatic rings. The quantitative estimate of drug-likeness (QED) is 0.669. The highest BCUT2D eigenvalue weighted by atomic mass is 35.5. The first-order valence-corrected chi connectivity index (χ1v) is 10.0. The van der Waals surface area contributed by atoms with Crippen LogP contribution < -0.4 is 16.2 Å². The molecule has 4 rings (SSSR count). The third-order valence-electron chi connectivity index (χ3n) is 5.81. The van der Waals surface area contributed by atoms with Gasteiger partial charge < -0.3 is 15.1 Å². The molecule has 3 N–H and O–H groups in total. The number of piperidine rings is 1. The molecule has 9 heteroatoms. The van der Waals surface area contributed by atoms with Crippen molar-refractivity contribution in [2.45, 2.75) is 24.9 Å². The third-order valence-corrected chi connectivity index (χ3v) is 6.16. The van der Waals surface area contributed by atoms with Crippen molar-refractivity contribution in [1.29, 1.82) is 0 Å². The molecule has 2 amide bonds. The zero-order valence-electron chi connectivity index (χ0n) is 15.7. The van der Waals surface area contributed by atoms with Crippen molar-refractivity contribution >= 4 is 35.8 Å². The average Bonchev–Trinajstić information content (AvgIpc) is 3.18. The number of carbonyl (C=O) groups excluding carboxylic acids is 2. The Morgan fingerprint density at radius 2 is 2.04 bits per heavy atom. The van der Waals surface area contributed by atoms with Gasteiger partial charge in [0.15, 0.2) is 0 Å². The minimum atomic E-state index is -0.206. The fraction of sp³-hybridized carbons (Fsp3) is 0.579. The van der Waals surface area contributed by atoms with Crippen LogP contribution in [0.25, 0.3) is 0 Å². The minimum Gasteiger partial charge on any atom is -0.340 e. The topological polar surface area (TPSA) is 76.7 Å². The molecular weight excluding hydrogens is 401 g/mol. The molecule has 3 unspecified atom stereocenters. The highest BCUT2D eigenvalue weighted by Gasteiger charge is 2.39. The molecule has 0 bridgehead atoms. The number of piperazine rings is 1. The van der Waals surface area contributed by atoms with Gasteiger partial charge in [0.25, 0.3) is 0 Å². The Hall–Kier alpha value is -1.38. The molecule has 0 aromatic heterocycles. The summed E-state index contributed by atoms with van der Waals surface area (Å²) in [6.07, 6.45) is 1.89. The van der Waals surface area contributed by atoms with Crippen molar-refractivity contribution in [3.05, 3.63) is 34.9 Å². The molecule has 28 heavy (non-hydrogen) atoms. The van der Waals surface area contributed by atoms with Crippen LogP contribution in [0, 0.1) is 5.92 Å². The van der Waals surface area contributed by atoms with Crippen molar-refractivity contribution in [3.63, 3.8) is 0 Å². The predicted octanol–water partition coefficient (Wildman–Crippen LogP) is 0.950. The number of hydrogen-bond acceptors (Lipinski definition) is 5. The van der Waals surface area contributed by atoms with E-state index in [0.717, 1.165) is 38.0 Å². The maximum atomic E-state index is 13.3. The molecule has 7 nitrogen and oxygen atoms in total. The summed E-state index contributed by atoms with van der Waals surface area (Å²) in [4.78, 5) is 29.4. The van der Waals surface area contributed by atoms with Gasteiger partial charge in [-0.1, -0.05) is 29.8 Å². The largest absolute Gasteiger partial charge is 0.340 e. The second-order valence-corrected chi connectivity index (χ2v) is 7.88. The molecule has 3 atom stereocenters. The first kappa shape index (κ1) is 21.3. The van der Waals surface area contributed by atoms with Gasteiger partial charge >= 0.3 is 0 Å². The number of benzene rings is 1. The Bertz CT molecular complexity index is 719. The second kappa shape index (κ2) is 9.41. The lowest BCUT2D eigenvalue weighted by Gasteiger charge is -2.42. The lowest BCUT2D eigenvalue weighted by atomic mass is 9.92. The van der Waals surface area contributed by atoms with Gasteiger partial charge in [0.2, 0.25) is 11.8 Å². The Morgan fingerprint density at radius 1 is 1.21 bits per heavy atom. The van der Waals surface area contributed by atoms with E-state index >= 15 is 0 Å². The van der Waals surface area contributed by atoms with Crippen LogP contribution in [0.15, 0.2) is 24.3 Å². The number of carbonyl (C=O) groups is 2. The van der Waals surface area contributed by atoms with Crippen molar-refractivity contribution in [2.75, 3.05) is 39.3 Å². The van der Waals surface area contributed by atoms with E-state index in [0.29, 0.717) is 24.7 Å². The zero-order valence-corrected chi connectivity index (χ0v) is 17.3. The molecule has 0 radical (unpaired) electrons. The first-order valence-electron chi connectivity index (χ1n) is 9.67. The highest BCUT2D eigenvalue weighted by Crippen LogP contribution is 2.32. The standard InChI is InChI=1S/C19H26ClN5O2.ClH/c20-16-6-2-1-5-14(16)18-15(10-22-23-18)19(27)24-8-3-4-13(12-24)25-9-7-21-11-17(25)26;/h1-2,5-6,13,15,18,21-23H,3-4,7-12H2;1H. The highest BCUT2D eigenvalue weighted by molar-refractivity contribution is 6.31. The van der Waals surface area contributed by atoms with Crippen molar-refractivity contribution < 1.29 is 9.59 Å². The molecule has 3 fully saturated rings. The van der Waals surface area contributed by atoms with Gasteiger partial charge in [-0.2, -0.15) is 0 Å². The summed E-state index contributed by atoms with van der Waals surface area (Å²) in [6, 6.07) is 7.63. The van der Waals surface area contributed by atoms with E-state index in [1.54, 1.807) is 0 Å². The van der Waals surface area contributed by atoms with Crippen LogP contribution in [-0.2, 0) is 9.59 Å². The van der Waals surface area contributed by atoms with E-state index in [2.05, 4.69) is 16.2 Å². The number of hydrogen-bond donors (Lipinski definition) is 3. The molecule has 0 saturated carbocycles. The van der Waals surface area contributed by atoms with E-state index < -0.39 is 0 Å².